The molecule has 7 nitrogen and oxygen atoms in total. The van der Waals surface area contributed by atoms with E-state index in [1.807, 2.05) is 30.3 Å². The molecule has 0 saturated carbocycles. The lowest BCUT2D eigenvalue weighted by molar-refractivity contribution is -0.137. The van der Waals surface area contributed by atoms with Crippen LogP contribution in [-0.4, -0.2) is 29.1 Å². The maximum Gasteiger partial charge on any atom is 0.416 e. The van der Waals surface area contributed by atoms with E-state index in [9.17, 15) is 26.4 Å². The van der Waals surface area contributed by atoms with Crippen LogP contribution in [0, 0.1) is 0 Å². The number of halogens is 3. The predicted octanol–water partition coefficient (Wildman–Crippen LogP) is 4.87. The topological polar surface area (TPSA) is 107 Å². The number of nitrogens with one attached hydrogen (secondary N) is 1. The smallest absolute Gasteiger partial charge is 0.325 e. The van der Waals surface area contributed by atoms with Crippen molar-refractivity contribution >= 4 is 44.4 Å². The Balaban J connectivity index is 1.61. The monoisotopic (exact) mass is 534 g/mol. The Labute approximate surface area is 209 Å². The summed E-state index contributed by atoms with van der Waals surface area (Å²) in [7, 11) is -3.86. The van der Waals surface area contributed by atoms with Gasteiger partial charge in [-0.3, -0.25) is 4.79 Å². The number of hydrogen-bond acceptors (Lipinski definition) is 5. The van der Waals surface area contributed by atoms with Gasteiger partial charge in [-0.25, -0.2) is 18.5 Å². The second-order valence-corrected chi connectivity index (χ2v) is 10.9. The number of fused-ring (bicyclic) bond motifs is 1. The van der Waals surface area contributed by atoms with E-state index in [2.05, 4.69) is 10.3 Å². The number of alkyl halides is 3. The van der Waals surface area contributed by atoms with E-state index in [4.69, 9.17) is 5.14 Å². The zero-order valence-corrected chi connectivity index (χ0v) is 20.5. The fourth-order valence-electron chi connectivity index (χ4n) is 3.48. The average Bonchev–Trinajstić information content (AvgIpc) is 3.15. The molecule has 0 spiro atoms. The number of imidazole rings is 1. The molecule has 1 heterocycles. The molecule has 0 aliphatic heterocycles. The lowest BCUT2D eigenvalue weighted by atomic mass is 10.2. The number of carbonyl (C=O) groups is 1. The molecule has 36 heavy (non-hydrogen) atoms. The highest BCUT2D eigenvalue weighted by Gasteiger charge is 2.31. The van der Waals surface area contributed by atoms with Crippen LogP contribution in [0.15, 0.2) is 82.8 Å². The van der Waals surface area contributed by atoms with Gasteiger partial charge in [0.05, 0.1) is 33.3 Å². The molecule has 12 heteroatoms. The predicted molar refractivity (Wildman–Crippen MR) is 132 cm³/mol. The molecule has 188 valence electrons. The van der Waals surface area contributed by atoms with Crippen molar-refractivity contribution in [1.82, 2.24) is 9.55 Å². The molecule has 4 rings (SSSR count). The number of primary sulfonamides is 1. The zero-order chi connectivity index (χ0) is 26.1. The number of nitrogens with zero attached hydrogens (tertiary/aromatic N) is 2. The van der Waals surface area contributed by atoms with Crippen LogP contribution in [0.5, 0.6) is 0 Å². The van der Waals surface area contributed by atoms with Crippen molar-refractivity contribution in [2.45, 2.75) is 34.9 Å². The van der Waals surface area contributed by atoms with Gasteiger partial charge in [0.15, 0.2) is 5.16 Å². The fourth-order valence-corrected chi connectivity index (χ4v) is 4.92. The second kappa shape index (κ2) is 9.96. The van der Waals surface area contributed by atoms with Crippen molar-refractivity contribution in [3.05, 3.63) is 83.9 Å². The Morgan fingerprint density at radius 2 is 1.75 bits per heavy atom. The van der Waals surface area contributed by atoms with E-state index in [0.29, 0.717) is 22.9 Å². The summed E-state index contributed by atoms with van der Waals surface area (Å²) < 4.78 is 64.3. The highest BCUT2D eigenvalue weighted by Crippen LogP contribution is 2.34. The van der Waals surface area contributed by atoms with Crippen LogP contribution >= 0.6 is 11.8 Å². The Morgan fingerprint density at radius 1 is 1.08 bits per heavy atom. The maximum absolute atomic E-state index is 13.3. The number of anilines is 1. The summed E-state index contributed by atoms with van der Waals surface area (Å²) in [5.41, 5.74) is 1.18. The number of aromatic nitrogens is 2. The maximum atomic E-state index is 13.3. The third-order valence-electron chi connectivity index (χ3n) is 5.33. The highest BCUT2D eigenvalue weighted by molar-refractivity contribution is 8.00. The molecular formula is C24H21F3N4O3S2. The lowest BCUT2D eigenvalue weighted by Gasteiger charge is -2.14. The number of hydrogen-bond donors (Lipinski definition) is 2. The number of amides is 1. The van der Waals surface area contributed by atoms with Crippen molar-refractivity contribution in [1.29, 1.82) is 0 Å². The van der Waals surface area contributed by atoms with Crippen molar-refractivity contribution in [2.75, 3.05) is 5.32 Å². The van der Waals surface area contributed by atoms with Crippen LogP contribution in [0.1, 0.15) is 18.1 Å². The molecule has 0 radical (unpaired) electrons. The van der Waals surface area contributed by atoms with Crippen molar-refractivity contribution in [2.24, 2.45) is 5.14 Å². The molecule has 0 fully saturated rings. The van der Waals surface area contributed by atoms with Crippen LogP contribution in [-0.2, 0) is 27.5 Å². The first kappa shape index (κ1) is 25.7. The number of rotatable bonds is 7. The summed E-state index contributed by atoms with van der Waals surface area (Å²) in [5, 5.41) is 7.50. The molecule has 0 bridgehead atoms. The molecule has 1 atom stereocenters. The number of nitrogens with two attached hydrogens (primary N) is 1. The molecule has 0 saturated heterocycles. The molecule has 1 aromatic heterocycles. The van der Waals surface area contributed by atoms with Gasteiger partial charge < -0.3 is 9.88 Å². The molecule has 3 N–H and O–H groups in total. The SMILES string of the molecule is C[C@H](Sc1nc2cc(C(F)(F)F)ccc2n1Cc1ccccc1)C(=O)Nc1ccc(S(N)(=O)=O)cc1. The first-order valence-electron chi connectivity index (χ1n) is 10.6. The van der Waals surface area contributed by atoms with Gasteiger partial charge in [-0.05, 0) is 55.0 Å². The number of sulfonamides is 1. The normalized spacial score (nSPS) is 13.0. The van der Waals surface area contributed by atoms with Gasteiger partial charge in [0.1, 0.15) is 0 Å². The van der Waals surface area contributed by atoms with Gasteiger partial charge in [0.25, 0.3) is 0 Å². The van der Waals surface area contributed by atoms with Crippen molar-refractivity contribution in [3.8, 4) is 0 Å². The molecule has 1 amide bonds. The third-order valence-corrected chi connectivity index (χ3v) is 7.35. The average molecular weight is 535 g/mol. The quantitative estimate of drug-likeness (QED) is 0.329. The fraction of sp³-hybridized carbons (Fsp3) is 0.167. The van der Waals surface area contributed by atoms with Crippen molar-refractivity contribution < 1.29 is 26.4 Å². The summed E-state index contributed by atoms with van der Waals surface area (Å²) in [6, 6.07) is 18.2. The minimum absolute atomic E-state index is 0.0872. The highest BCUT2D eigenvalue weighted by atomic mass is 32.2. The standard InChI is InChI=1S/C24H21F3N4O3S2/c1-15(22(32)29-18-8-10-19(11-9-18)36(28,33)34)35-23-30-20-13-17(24(25,26)27)7-12-21(20)31(23)14-16-5-3-2-4-6-16/h2-13,15H,14H2,1H3,(H,29,32)(H2,28,33,34)/t15-/m0/s1. The summed E-state index contributed by atoms with van der Waals surface area (Å²) >= 11 is 1.11. The van der Waals surface area contributed by atoms with Crippen LogP contribution in [0.25, 0.3) is 11.0 Å². The van der Waals surface area contributed by atoms with Crippen LogP contribution in [0.3, 0.4) is 0 Å². The minimum atomic E-state index is -4.50. The van der Waals surface area contributed by atoms with E-state index in [-0.39, 0.29) is 10.4 Å². The van der Waals surface area contributed by atoms with E-state index >= 15 is 0 Å². The first-order chi connectivity index (χ1) is 16.9. The second-order valence-electron chi connectivity index (χ2n) is 7.99. The van der Waals surface area contributed by atoms with Gasteiger partial charge >= 0.3 is 6.18 Å². The number of benzene rings is 3. The largest absolute Gasteiger partial charge is 0.416 e. The van der Waals surface area contributed by atoms with E-state index in [1.165, 1.54) is 30.3 Å². The van der Waals surface area contributed by atoms with Gasteiger partial charge in [-0.15, -0.1) is 0 Å². The molecule has 3 aromatic carbocycles. The summed E-state index contributed by atoms with van der Waals surface area (Å²) in [6.07, 6.45) is -4.50. The van der Waals surface area contributed by atoms with Crippen LogP contribution in [0.4, 0.5) is 18.9 Å². The molecular weight excluding hydrogens is 513 g/mol. The lowest BCUT2D eigenvalue weighted by Crippen LogP contribution is -2.23. The number of carbonyl (C=O) groups excluding carboxylic acids is 1. The minimum Gasteiger partial charge on any atom is -0.325 e. The number of thioether (sulfide) groups is 1. The van der Waals surface area contributed by atoms with Crippen molar-refractivity contribution in [3.63, 3.8) is 0 Å². The summed E-state index contributed by atoms with van der Waals surface area (Å²) in [5.74, 6) is -0.391. The van der Waals surface area contributed by atoms with Gasteiger partial charge in [-0.1, -0.05) is 42.1 Å². The first-order valence-corrected chi connectivity index (χ1v) is 13.1. The zero-order valence-electron chi connectivity index (χ0n) is 18.9. The Morgan fingerprint density at radius 3 is 2.36 bits per heavy atom. The van der Waals surface area contributed by atoms with Crippen LogP contribution < -0.4 is 10.5 Å². The summed E-state index contributed by atoms with van der Waals surface area (Å²) in [4.78, 5) is 17.1. The van der Waals surface area contributed by atoms with E-state index < -0.39 is 32.9 Å². The Kier molecular flexibility index (Phi) is 7.12. The van der Waals surface area contributed by atoms with Crippen LogP contribution in [0.2, 0.25) is 0 Å². The Hall–Kier alpha value is -3.35. The van der Waals surface area contributed by atoms with Gasteiger partial charge in [-0.2, -0.15) is 13.2 Å². The third kappa shape index (κ3) is 5.89. The van der Waals surface area contributed by atoms with Gasteiger partial charge in [0, 0.05) is 5.69 Å². The van der Waals surface area contributed by atoms with E-state index in [0.717, 1.165) is 29.5 Å². The van der Waals surface area contributed by atoms with E-state index in [1.54, 1.807) is 11.5 Å². The summed E-state index contributed by atoms with van der Waals surface area (Å²) in [6.45, 7) is 2.00. The Bertz CT molecular complexity index is 1500. The molecule has 0 aliphatic rings. The molecule has 4 aromatic rings. The molecule has 0 unspecified atom stereocenters. The van der Waals surface area contributed by atoms with Gasteiger partial charge in [0.2, 0.25) is 15.9 Å². The molecule has 0 aliphatic carbocycles.